The van der Waals surface area contributed by atoms with Gasteiger partial charge in [-0.3, -0.25) is 9.59 Å². The van der Waals surface area contributed by atoms with Crippen LogP contribution in [0.5, 0.6) is 0 Å². The number of amides is 1. The van der Waals surface area contributed by atoms with Crippen LogP contribution in [0.15, 0.2) is 12.7 Å². The minimum atomic E-state index is -0.817. The number of hydrogen-bond acceptors (Lipinski definition) is 2. The summed E-state index contributed by atoms with van der Waals surface area (Å²) >= 11 is 0. The summed E-state index contributed by atoms with van der Waals surface area (Å²) in [6.45, 7) is 4.23. The van der Waals surface area contributed by atoms with Crippen molar-refractivity contribution in [2.45, 2.75) is 44.6 Å². The highest BCUT2D eigenvalue weighted by molar-refractivity contribution is 5.85. The predicted molar refractivity (Wildman–Crippen MR) is 68.0 cm³/mol. The molecule has 1 N–H and O–H groups in total. The summed E-state index contributed by atoms with van der Waals surface area (Å²) < 4.78 is 0. The fourth-order valence-electron chi connectivity index (χ4n) is 2.88. The molecule has 2 rings (SSSR count). The lowest BCUT2D eigenvalue weighted by Crippen LogP contribution is -2.43. The van der Waals surface area contributed by atoms with Crippen molar-refractivity contribution in [1.29, 1.82) is 0 Å². The fourth-order valence-corrected chi connectivity index (χ4v) is 2.88. The molecule has 4 nitrogen and oxygen atoms in total. The average molecular weight is 251 g/mol. The molecule has 4 heteroatoms. The maximum Gasteiger partial charge on any atom is 0.307 e. The summed E-state index contributed by atoms with van der Waals surface area (Å²) in [7, 11) is 0. The standard InChI is InChI=1S/C14H21NO3/c1-2-9-15(10-7-8-10)13(16)11-5-3-4-6-12(11)14(17)18/h2,10-12H,1,3-9H2,(H,17,18)/t11-,12+/m1/s1. The quantitative estimate of drug-likeness (QED) is 0.761. The summed E-state index contributed by atoms with van der Waals surface area (Å²) in [5.41, 5.74) is 0. The molecule has 0 aromatic rings. The summed E-state index contributed by atoms with van der Waals surface area (Å²) in [6.07, 6.45) is 7.07. The van der Waals surface area contributed by atoms with E-state index in [1.54, 1.807) is 6.08 Å². The van der Waals surface area contributed by atoms with Crippen LogP contribution in [0.4, 0.5) is 0 Å². The van der Waals surface area contributed by atoms with Crippen molar-refractivity contribution in [2.75, 3.05) is 6.54 Å². The lowest BCUT2D eigenvalue weighted by molar-refractivity contribution is -0.152. The van der Waals surface area contributed by atoms with E-state index in [-0.39, 0.29) is 11.8 Å². The summed E-state index contributed by atoms with van der Waals surface area (Å²) in [4.78, 5) is 25.6. The van der Waals surface area contributed by atoms with Gasteiger partial charge in [0.15, 0.2) is 0 Å². The molecule has 0 radical (unpaired) electrons. The van der Waals surface area contributed by atoms with E-state index in [2.05, 4.69) is 6.58 Å². The van der Waals surface area contributed by atoms with E-state index in [0.29, 0.717) is 19.0 Å². The molecule has 0 unspecified atom stereocenters. The van der Waals surface area contributed by atoms with Gasteiger partial charge >= 0.3 is 5.97 Å². The molecule has 2 fully saturated rings. The summed E-state index contributed by atoms with van der Waals surface area (Å²) in [5.74, 6) is -1.60. The monoisotopic (exact) mass is 251 g/mol. The molecule has 0 heterocycles. The lowest BCUT2D eigenvalue weighted by atomic mass is 9.78. The van der Waals surface area contributed by atoms with E-state index in [1.807, 2.05) is 4.90 Å². The Bertz CT molecular complexity index is 349. The number of carboxylic acid groups (broad SMARTS) is 1. The highest BCUT2D eigenvalue weighted by Crippen LogP contribution is 2.35. The van der Waals surface area contributed by atoms with Gasteiger partial charge < -0.3 is 10.0 Å². The maximum absolute atomic E-state index is 12.5. The molecule has 2 aliphatic carbocycles. The third-order valence-corrected chi connectivity index (χ3v) is 4.00. The van der Waals surface area contributed by atoms with Crippen LogP contribution in [0.2, 0.25) is 0 Å². The highest BCUT2D eigenvalue weighted by atomic mass is 16.4. The summed E-state index contributed by atoms with van der Waals surface area (Å²) in [6, 6.07) is 0.326. The SMILES string of the molecule is C=CCN(C(=O)[C@@H]1CCCC[C@@H]1C(=O)O)C1CC1. The Morgan fingerprint density at radius 3 is 2.28 bits per heavy atom. The zero-order valence-corrected chi connectivity index (χ0v) is 10.7. The molecule has 1 amide bonds. The van der Waals surface area contributed by atoms with E-state index in [1.165, 1.54) is 0 Å². The van der Waals surface area contributed by atoms with Crippen LogP contribution < -0.4 is 0 Å². The lowest BCUT2D eigenvalue weighted by Gasteiger charge is -2.32. The van der Waals surface area contributed by atoms with Gasteiger partial charge in [-0.2, -0.15) is 0 Å². The van der Waals surface area contributed by atoms with Crippen molar-refractivity contribution in [3.8, 4) is 0 Å². The first kappa shape index (κ1) is 13.1. The van der Waals surface area contributed by atoms with Crippen molar-refractivity contribution in [3.05, 3.63) is 12.7 Å². The maximum atomic E-state index is 12.5. The van der Waals surface area contributed by atoms with Gasteiger partial charge in [0.2, 0.25) is 5.91 Å². The first-order chi connectivity index (χ1) is 8.65. The Kier molecular flexibility index (Phi) is 4.04. The van der Waals surface area contributed by atoms with Gasteiger partial charge in [0, 0.05) is 12.6 Å². The van der Waals surface area contributed by atoms with Crippen molar-refractivity contribution >= 4 is 11.9 Å². The van der Waals surface area contributed by atoms with E-state index in [0.717, 1.165) is 32.1 Å². The molecule has 0 aromatic heterocycles. The van der Waals surface area contributed by atoms with Crippen molar-refractivity contribution in [3.63, 3.8) is 0 Å². The summed E-state index contributed by atoms with van der Waals surface area (Å²) in [5, 5.41) is 9.23. The molecule has 2 atom stereocenters. The van der Waals surface area contributed by atoms with Crippen LogP contribution >= 0.6 is 0 Å². The molecule has 0 bridgehead atoms. The Balaban J connectivity index is 2.08. The minimum absolute atomic E-state index is 0.0319. The van der Waals surface area contributed by atoms with E-state index in [4.69, 9.17) is 0 Å². The number of carboxylic acids is 1. The largest absolute Gasteiger partial charge is 0.481 e. The molecular weight excluding hydrogens is 230 g/mol. The van der Waals surface area contributed by atoms with Crippen molar-refractivity contribution in [1.82, 2.24) is 4.90 Å². The Morgan fingerprint density at radius 2 is 1.78 bits per heavy atom. The Hall–Kier alpha value is -1.32. The van der Waals surface area contributed by atoms with Gasteiger partial charge in [0.1, 0.15) is 0 Å². The van der Waals surface area contributed by atoms with Crippen LogP contribution in [0, 0.1) is 11.8 Å². The van der Waals surface area contributed by atoms with E-state index < -0.39 is 11.9 Å². The van der Waals surface area contributed by atoms with Crippen LogP contribution in [-0.4, -0.2) is 34.5 Å². The Morgan fingerprint density at radius 1 is 1.17 bits per heavy atom. The van der Waals surface area contributed by atoms with Gasteiger partial charge in [-0.05, 0) is 25.7 Å². The zero-order valence-electron chi connectivity index (χ0n) is 10.7. The molecule has 0 spiro atoms. The van der Waals surface area contributed by atoms with Crippen LogP contribution in [0.3, 0.4) is 0 Å². The second kappa shape index (κ2) is 5.55. The number of carbonyl (C=O) groups is 2. The normalized spacial score (nSPS) is 27.6. The van der Waals surface area contributed by atoms with Crippen molar-refractivity contribution < 1.29 is 14.7 Å². The predicted octanol–water partition coefficient (Wildman–Crippen LogP) is 2.05. The third-order valence-electron chi connectivity index (χ3n) is 4.00. The van der Waals surface area contributed by atoms with Gasteiger partial charge in [0.25, 0.3) is 0 Å². The number of nitrogens with zero attached hydrogens (tertiary/aromatic N) is 1. The first-order valence-electron chi connectivity index (χ1n) is 6.79. The smallest absolute Gasteiger partial charge is 0.307 e. The second-order valence-electron chi connectivity index (χ2n) is 5.35. The molecule has 2 saturated carbocycles. The van der Waals surface area contributed by atoms with Gasteiger partial charge in [-0.25, -0.2) is 0 Å². The van der Waals surface area contributed by atoms with Crippen LogP contribution in [0.25, 0.3) is 0 Å². The highest BCUT2D eigenvalue weighted by Gasteiger charge is 2.41. The number of aliphatic carboxylic acids is 1. The Labute approximate surface area is 108 Å². The van der Waals surface area contributed by atoms with Crippen LogP contribution in [0.1, 0.15) is 38.5 Å². The van der Waals surface area contributed by atoms with Gasteiger partial charge in [0.05, 0.1) is 11.8 Å². The number of hydrogen-bond donors (Lipinski definition) is 1. The first-order valence-corrected chi connectivity index (χ1v) is 6.79. The average Bonchev–Trinajstić information content (AvgIpc) is 3.19. The van der Waals surface area contributed by atoms with Crippen molar-refractivity contribution in [2.24, 2.45) is 11.8 Å². The molecule has 18 heavy (non-hydrogen) atoms. The topological polar surface area (TPSA) is 57.6 Å². The third kappa shape index (κ3) is 2.74. The zero-order chi connectivity index (χ0) is 13.1. The number of carbonyl (C=O) groups excluding carboxylic acids is 1. The van der Waals surface area contributed by atoms with Crippen LogP contribution in [-0.2, 0) is 9.59 Å². The van der Waals surface area contributed by atoms with E-state index in [9.17, 15) is 14.7 Å². The molecule has 0 saturated heterocycles. The fraction of sp³-hybridized carbons (Fsp3) is 0.714. The minimum Gasteiger partial charge on any atom is -0.481 e. The molecule has 2 aliphatic rings. The van der Waals surface area contributed by atoms with E-state index >= 15 is 0 Å². The van der Waals surface area contributed by atoms with Gasteiger partial charge in [-0.15, -0.1) is 6.58 Å². The molecular formula is C14H21NO3. The second-order valence-corrected chi connectivity index (χ2v) is 5.35. The molecule has 0 aromatic carbocycles. The molecule has 0 aliphatic heterocycles. The molecule has 100 valence electrons. The van der Waals surface area contributed by atoms with Gasteiger partial charge in [-0.1, -0.05) is 18.9 Å². The number of rotatable bonds is 5.